The van der Waals surface area contributed by atoms with Gasteiger partial charge in [0.2, 0.25) is 0 Å². The van der Waals surface area contributed by atoms with Crippen LogP contribution in [-0.2, 0) is 47.4 Å². The van der Waals surface area contributed by atoms with Crippen molar-refractivity contribution in [2.75, 3.05) is 145 Å². The number of hydrogen-bond donors (Lipinski definition) is 4. The summed E-state index contributed by atoms with van der Waals surface area (Å²) in [5.74, 6) is 0.227. The number of carbonyl (C=O) groups excluding carboxylic acids is 1. The number of hydrogen-bond acceptors (Lipinski definition) is 14. The summed E-state index contributed by atoms with van der Waals surface area (Å²) in [7, 11) is 0. The van der Waals surface area contributed by atoms with Crippen molar-refractivity contribution in [3.05, 3.63) is 0 Å². The Hall–Kier alpha value is -0.850. The maximum absolute atomic E-state index is 11.7. The van der Waals surface area contributed by atoms with Gasteiger partial charge >= 0.3 is 0 Å². The van der Waals surface area contributed by atoms with E-state index in [0.717, 1.165) is 59.0 Å². The predicted molar refractivity (Wildman–Crippen MR) is 262 cm³/mol. The third-order valence-electron chi connectivity index (χ3n) is 8.15. The van der Waals surface area contributed by atoms with E-state index in [9.17, 15) is 4.79 Å². The van der Waals surface area contributed by atoms with Crippen molar-refractivity contribution in [3.8, 4) is 0 Å². The molecule has 0 saturated heterocycles. The third kappa shape index (κ3) is 67.9. The van der Waals surface area contributed by atoms with Crippen molar-refractivity contribution in [2.45, 2.75) is 160 Å². The lowest BCUT2D eigenvalue weighted by molar-refractivity contribution is -0.127. The maximum atomic E-state index is 11.7. The Balaban J connectivity index is -0.000000858. The molecule has 0 aromatic rings. The summed E-state index contributed by atoms with van der Waals surface area (Å²) >= 11 is 0. The van der Waals surface area contributed by atoms with Crippen molar-refractivity contribution in [3.63, 3.8) is 0 Å². The molecule has 0 aromatic heterocycles. The van der Waals surface area contributed by atoms with E-state index in [2.05, 4.69) is 125 Å². The van der Waals surface area contributed by atoms with Gasteiger partial charge in [-0.05, 0) is 94.9 Å². The Labute approximate surface area is 389 Å². The summed E-state index contributed by atoms with van der Waals surface area (Å²) in [5.41, 5.74) is 0.656. The molecule has 4 N–H and O–H groups in total. The zero-order valence-corrected chi connectivity index (χ0v) is 44.6. The largest absolute Gasteiger partial charge is 0.379 e. The Morgan fingerprint density at radius 1 is 0.302 bits per heavy atom. The van der Waals surface area contributed by atoms with Crippen molar-refractivity contribution in [1.29, 1.82) is 0 Å². The summed E-state index contributed by atoms with van der Waals surface area (Å²) in [4.78, 5) is 11.7. The topological polar surface area (TPSA) is 148 Å². The molecule has 14 nitrogen and oxygen atoms in total. The summed E-state index contributed by atoms with van der Waals surface area (Å²) in [6.45, 7) is 53.1. The van der Waals surface area contributed by atoms with Gasteiger partial charge < -0.3 is 63.9 Å². The van der Waals surface area contributed by atoms with Crippen LogP contribution in [0.2, 0.25) is 0 Å². The predicted octanol–water partition coefficient (Wildman–Crippen LogP) is 7.10. The van der Waals surface area contributed by atoms with Crippen LogP contribution in [-0.4, -0.2) is 173 Å². The van der Waals surface area contributed by atoms with Crippen LogP contribution >= 0.6 is 0 Å². The molecular formula is C49H106N4O10. The van der Waals surface area contributed by atoms with Crippen LogP contribution in [0.3, 0.4) is 0 Å². The van der Waals surface area contributed by atoms with E-state index >= 15 is 0 Å². The molecule has 0 saturated carbocycles. The molecule has 0 fully saturated rings. The molecule has 0 heterocycles. The third-order valence-corrected chi connectivity index (χ3v) is 8.15. The minimum atomic E-state index is -0.279. The van der Waals surface area contributed by atoms with Gasteiger partial charge in [-0.15, -0.1) is 0 Å². The van der Waals surface area contributed by atoms with Gasteiger partial charge in [0, 0.05) is 66.8 Å². The highest BCUT2D eigenvalue weighted by Gasteiger charge is 2.20. The molecule has 0 aliphatic carbocycles. The average Bonchev–Trinajstić information content (AvgIpc) is 3.12. The van der Waals surface area contributed by atoms with Crippen molar-refractivity contribution in [1.82, 2.24) is 21.3 Å². The van der Waals surface area contributed by atoms with Gasteiger partial charge in [0.05, 0.1) is 112 Å². The molecule has 0 aliphatic heterocycles. The highest BCUT2D eigenvalue weighted by molar-refractivity contribution is 5.83. The first-order valence-electron chi connectivity index (χ1n) is 23.8. The average molecular weight is 911 g/mol. The number of ether oxygens (including phenoxy) is 9. The fraction of sp³-hybridized carbons (Fsp3) is 0.980. The monoisotopic (exact) mass is 911 g/mol. The first-order valence-corrected chi connectivity index (χ1v) is 23.8. The van der Waals surface area contributed by atoms with E-state index in [1.807, 2.05) is 20.8 Å². The maximum Gasteiger partial charge on any atom is 0.140 e. The van der Waals surface area contributed by atoms with Crippen LogP contribution in [0, 0.1) is 10.8 Å². The van der Waals surface area contributed by atoms with Crippen LogP contribution in [0.25, 0.3) is 0 Å². The molecule has 0 radical (unpaired) electrons. The lowest BCUT2D eigenvalue weighted by Crippen LogP contribution is -2.38. The van der Waals surface area contributed by atoms with Crippen LogP contribution in [0.4, 0.5) is 0 Å². The van der Waals surface area contributed by atoms with Crippen molar-refractivity contribution < 1.29 is 47.4 Å². The highest BCUT2D eigenvalue weighted by atomic mass is 16.6. The van der Waals surface area contributed by atoms with Crippen molar-refractivity contribution in [2.24, 2.45) is 10.8 Å². The zero-order valence-electron chi connectivity index (χ0n) is 44.6. The molecule has 382 valence electrons. The number of carbonyl (C=O) groups is 1. The minimum absolute atomic E-state index is 0.131. The molecule has 0 amide bonds. The summed E-state index contributed by atoms with van der Waals surface area (Å²) in [5, 5.41) is 13.5. The molecule has 14 heteroatoms. The van der Waals surface area contributed by atoms with E-state index in [1.54, 1.807) is 0 Å². The first kappa shape index (κ1) is 66.4. The SMILES string of the molecule is CC(C)(C)CCOCCOCCOCCNC(C)(C)C.CC(C)(C)NCCOCCOCCOCCC(=O)C(C)(C)C.CC(C)(C)NCCOCCOCCOCCNC(C)(C)C. The molecule has 0 unspecified atom stereocenters. The van der Waals surface area contributed by atoms with Gasteiger partial charge in [-0.25, -0.2) is 0 Å². The van der Waals surface area contributed by atoms with Gasteiger partial charge in [-0.1, -0.05) is 41.5 Å². The fourth-order valence-electron chi connectivity index (χ4n) is 4.54. The first-order chi connectivity index (χ1) is 29.0. The van der Waals surface area contributed by atoms with E-state index in [4.69, 9.17) is 42.6 Å². The Morgan fingerprint density at radius 2 is 0.508 bits per heavy atom. The number of Topliss-reactive ketones (excluding diaryl/α,β-unsaturated/α-hetero) is 1. The van der Waals surface area contributed by atoms with Gasteiger partial charge in [0.15, 0.2) is 0 Å². The fourth-order valence-corrected chi connectivity index (χ4v) is 4.54. The molecule has 63 heavy (non-hydrogen) atoms. The Kier molecular flexibility index (Phi) is 41.3. The van der Waals surface area contributed by atoms with Gasteiger partial charge in [-0.2, -0.15) is 0 Å². The van der Waals surface area contributed by atoms with Gasteiger partial charge in [0.25, 0.3) is 0 Å². The Bertz CT molecular complexity index is 947. The summed E-state index contributed by atoms with van der Waals surface area (Å²) < 4.78 is 49.1. The summed E-state index contributed by atoms with van der Waals surface area (Å²) in [6, 6.07) is 0. The number of ketones is 1. The summed E-state index contributed by atoms with van der Waals surface area (Å²) in [6.07, 6.45) is 1.55. The smallest absolute Gasteiger partial charge is 0.140 e. The number of nitrogens with one attached hydrogen (secondary N) is 4. The van der Waals surface area contributed by atoms with Crippen LogP contribution in [0.1, 0.15) is 137 Å². The van der Waals surface area contributed by atoms with Gasteiger partial charge in [0.1, 0.15) is 5.78 Å². The molecule has 0 atom stereocenters. The quantitative estimate of drug-likeness (QED) is 0.0479. The molecule has 0 spiro atoms. The van der Waals surface area contributed by atoms with E-state index in [-0.39, 0.29) is 33.4 Å². The second kappa shape index (κ2) is 39.2. The van der Waals surface area contributed by atoms with E-state index in [0.29, 0.717) is 104 Å². The molecular weight excluding hydrogens is 805 g/mol. The van der Waals surface area contributed by atoms with Crippen LogP contribution < -0.4 is 21.3 Å². The van der Waals surface area contributed by atoms with Crippen molar-refractivity contribution >= 4 is 5.78 Å². The van der Waals surface area contributed by atoms with Crippen LogP contribution in [0.15, 0.2) is 0 Å². The molecule has 0 aliphatic rings. The Morgan fingerprint density at radius 3 is 0.714 bits per heavy atom. The number of rotatable bonds is 35. The highest BCUT2D eigenvalue weighted by Crippen LogP contribution is 2.18. The normalized spacial score (nSPS) is 12.8. The molecule has 0 bridgehead atoms. The van der Waals surface area contributed by atoms with E-state index in [1.165, 1.54) is 0 Å². The second-order valence-corrected chi connectivity index (χ2v) is 22.0. The lowest BCUT2D eigenvalue weighted by atomic mass is 9.89. The van der Waals surface area contributed by atoms with Gasteiger partial charge in [-0.3, -0.25) is 4.79 Å². The minimum Gasteiger partial charge on any atom is -0.379 e. The lowest BCUT2D eigenvalue weighted by Gasteiger charge is -2.20. The van der Waals surface area contributed by atoms with E-state index < -0.39 is 0 Å². The molecule has 0 aromatic carbocycles. The standard InChI is InChI=1S/C17H35NO4.C16H36N2O3.C16H35NO3/c1-16(2,3)15(19)7-9-20-11-13-22-14-12-21-10-8-18-17(4,5)6;1-15(2,3)17-7-9-19-11-13-21-14-12-20-10-8-18-16(4,5)6;1-15(2,3)7-9-18-11-13-20-14-12-19-10-8-17-16(4,5)6/h18H,7-14H2,1-6H3;17-18H,7-14H2,1-6H3;17H,7-14H2,1-6H3. The zero-order chi connectivity index (χ0) is 48.7. The molecule has 0 rings (SSSR count). The van der Waals surface area contributed by atoms with Crippen LogP contribution in [0.5, 0.6) is 0 Å². The second-order valence-electron chi connectivity index (χ2n) is 22.0.